The quantitative estimate of drug-likeness (QED) is 0.119. The average Bonchev–Trinajstić information content (AvgIpc) is 3.20. The number of aromatic nitrogens is 4. The zero-order valence-electron chi connectivity index (χ0n) is 19.6. The van der Waals surface area contributed by atoms with Crippen molar-refractivity contribution in [3.05, 3.63) is 47.0 Å². The molecule has 0 spiro atoms. The molecule has 0 radical (unpaired) electrons. The van der Waals surface area contributed by atoms with Gasteiger partial charge >= 0.3 is 5.97 Å². The van der Waals surface area contributed by atoms with Crippen LogP contribution in [0.5, 0.6) is 5.75 Å². The monoisotopic (exact) mass is 505 g/mol. The smallest absolute Gasteiger partial charge is 0.328 e. The van der Waals surface area contributed by atoms with Crippen LogP contribution >= 0.6 is 7.44 Å². The minimum Gasteiger partial charge on any atom is -0.425 e. The molecule has 1 unspecified atom stereocenters. The third-order valence-corrected chi connectivity index (χ3v) is 7.13. The second-order valence-electron chi connectivity index (χ2n) is 7.88. The van der Waals surface area contributed by atoms with Crippen LogP contribution in [-0.2, 0) is 25.4 Å². The van der Waals surface area contributed by atoms with Gasteiger partial charge in [-0.1, -0.05) is 18.2 Å². The highest BCUT2D eigenvalue weighted by atomic mass is 31.2. The van der Waals surface area contributed by atoms with Crippen molar-refractivity contribution < 1.29 is 23.6 Å². The molecule has 188 valence electrons. The van der Waals surface area contributed by atoms with Crippen molar-refractivity contribution in [2.75, 3.05) is 18.7 Å². The van der Waals surface area contributed by atoms with Crippen molar-refractivity contribution in [3.63, 3.8) is 0 Å². The number of para-hydroxylation sites is 1. The Kier molecular flexibility index (Phi) is 8.52. The Morgan fingerprint density at radius 2 is 1.89 bits per heavy atom. The summed E-state index contributed by atoms with van der Waals surface area (Å²) in [6.07, 6.45) is 1.10. The van der Waals surface area contributed by atoms with Gasteiger partial charge in [-0.2, -0.15) is 4.98 Å². The molecule has 5 N–H and O–H groups in total. The van der Waals surface area contributed by atoms with Gasteiger partial charge < -0.3 is 19.8 Å². The first kappa shape index (κ1) is 26.2. The number of fused-ring (bicyclic) bond motifs is 1. The number of Topliss-reactive ketones (excluding diaryl/α,β-unsaturated/α-hetero) is 1. The molecule has 13 nitrogen and oxygen atoms in total. The lowest BCUT2D eigenvalue weighted by Crippen LogP contribution is -2.42. The highest BCUT2D eigenvalue weighted by Gasteiger charge is 2.31. The Bertz CT molecular complexity index is 1290. The summed E-state index contributed by atoms with van der Waals surface area (Å²) < 4.78 is 26.0. The van der Waals surface area contributed by atoms with E-state index in [-0.39, 0.29) is 42.4 Å². The SMILES string of the molecule is CC(=O)[C@H](C)NP(=O)(COCCn1cnc2c(=O)[nH]c(N)nc21)N[C@H](C)C(=O)Oc1ccccc1. The number of imidazole rings is 1. The van der Waals surface area contributed by atoms with Crippen LogP contribution in [0.1, 0.15) is 20.8 Å². The number of nitrogens with two attached hydrogens (primary N) is 1. The molecule has 0 amide bonds. The molecule has 0 bridgehead atoms. The third kappa shape index (κ3) is 7.06. The van der Waals surface area contributed by atoms with E-state index in [2.05, 4.69) is 25.1 Å². The number of hydrogen-bond acceptors (Lipinski definition) is 9. The summed E-state index contributed by atoms with van der Waals surface area (Å²) in [5, 5.41) is 5.49. The molecule has 0 aliphatic rings. The van der Waals surface area contributed by atoms with E-state index in [9.17, 15) is 18.9 Å². The van der Waals surface area contributed by atoms with Gasteiger partial charge in [0.1, 0.15) is 23.9 Å². The molecule has 2 heterocycles. The van der Waals surface area contributed by atoms with E-state index in [4.69, 9.17) is 15.2 Å². The Hall–Kier alpha value is -3.38. The lowest BCUT2D eigenvalue weighted by Gasteiger charge is -2.26. The van der Waals surface area contributed by atoms with E-state index in [1.54, 1.807) is 41.8 Å². The van der Waals surface area contributed by atoms with Crippen LogP contribution < -0.4 is 26.2 Å². The number of carbonyl (C=O) groups excluding carboxylic acids is 2. The largest absolute Gasteiger partial charge is 0.425 e. The van der Waals surface area contributed by atoms with Crippen LogP contribution in [0, 0.1) is 0 Å². The predicted molar refractivity (Wildman–Crippen MR) is 129 cm³/mol. The lowest BCUT2D eigenvalue weighted by atomic mass is 10.3. The average molecular weight is 505 g/mol. The van der Waals surface area contributed by atoms with Crippen LogP contribution in [0.25, 0.3) is 11.2 Å². The Morgan fingerprint density at radius 1 is 1.20 bits per heavy atom. The number of nitrogens with one attached hydrogen (secondary N) is 3. The van der Waals surface area contributed by atoms with E-state index in [0.717, 1.165) is 0 Å². The fourth-order valence-corrected chi connectivity index (χ4v) is 5.21. The van der Waals surface area contributed by atoms with Crippen LogP contribution in [0.3, 0.4) is 0 Å². The van der Waals surface area contributed by atoms with Gasteiger partial charge in [-0.3, -0.25) is 19.1 Å². The fourth-order valence-electron chi connectivity index (χ4n) is 3.06. The summed E-state index contributed by atoms with van der Waals surface area (Å²) in [6, 6.07) is 6.77. The summed E-state index contributed by atoms with van der Waals surface area (Å²) in [7, 11) is -3.57. The number of ketones is 1. The van der Waals surface area contributed by atoms with Crippen LogP contribution in [0.15, 0.2) is 41.5 Å². The maximum atomic E-state index is 13.6. The number of hydrogen-bond donors (Lipinski definition) is 4. The number of carbonyl (C=O) groups is 2. The van der Waals surface area contributed by atoms with Crippen molar-refractivity contribution in [1.82, 2.24) is 29.7 Å². The van der Waals surface area contributed by atoms with E-state index < -0.39 is 31.1 Å². The van der Waals surface area contributed by atoms with Gasteiger partial charge in [-0.25, -0.2) is 20.0 Å². The molecular weight excluding hydrogens is 477 g/mol. The molecule has 3 atom stereocenters. The van der Waals surface area contributed by atoms with Gasteiger partial charge in [-0.15, -0.1) is 0 Å². The molecule has 3 rings (SSSR count). The molecule has 0 fully saturated rings. The Morgan fingerprint density at radius 3 is 2.57 bits per heavy atom. The molecule has 0 aliphatic heterocycles. The van der Waals surface area contributed by atoms with Crippen molar-refractivity contribution in [1.29, 1.82) is 0 Å². The summed E-state index contributed by atoms with van der Waals surface area (Å²) in [5.41, 5.74) is 5.56. The second kappa shape index (κ2) is 11.4. The van der Waals surface area contributed by atoms with Crippen LogP contribution in [0.4, 0.5) is 5.95 Å². The first-order valence-corrected chi connectivity index (χ1v) is 12.7. The molecule has 2 aromatic heterocycles. The molecule has 0 saturated carbocycles. The molecular formula is C21H28N7O6P. The van der Waals surface area contributed by atoms with Gasteiger partial charge in [0.15, 0.2) is 11.2 Å². The summed E-state index contributed by atoms with van der Waals surface area (Å²) in [5.74, 6) is -0.571. The van der Waals surface area contributed by atoms with Crippen LogP contribution in [-0.4, -0.2) is 56.3 Å². The zero-order valence-corrected chi connectivity index (χ0v) is 20.5. The van der Waals surface area contributed by atoms with Crippen molar-refractivity contribution in [2.45, 2.75) is 39.4 Å². The second-order valence-corrected chi connectivity index (χ2v) is 10.1. The number of aromatic amines is 1. The number of nitrogens with zero attached hydrogens (tertiary/aromatic N) is 3. The number of esters is 1. The van der Waals surface area contributed by atoms with Crippen molar-refractivity contribution >= 4 is 36.3 Å². The van der Waals surface area contributed by atoms with Crippen molar-refractivity contribution in [2.24, 2.45) is 0 Å². The van der Waals surface area contributed by atoms with Gasteiger partial charge in [0.2, 0.25) is 13.4 Å². The predicted octanol–water partition coefficient (Wildman–Crippen LogP) is 1.02. The first-order chi connectivity index (χ1) is 16.6. The summed E-state index contributed by atoms with van der Waals surface area (Å²) in [4.78, 5) is 46.6. The maximum absolute atomic E-state index is 13.6. The zero-order chi connectivity index (χ0) is 25.6. The standard InChI is InChI=1S/C21H28N7O6P/c1-13(15(3)29)26-35(32,27-14(2)20(31)34-16-7-5-4-6-8-16)12-33-10-9-28-11-23-17-18(28)24-21(22)25-19(17)30/h4-8,11,13-14H,9-10,12H2,1-3H3,(H2,26,27,32)(H3,22,24,25,30)/t13-,14+,35?/m0/s1. The number of ether oxygens (including phenoxy) is 2. The molecule has 35 heavy (non-hydrogen) atoms. The fraction of sp³-hybridized carbons (Fsp3) is 0.381. The highest BCUT2D eigenvalue weighted by Crippen LogP contribution is 2.37. The van der Waals surface area contributed by atoms with Crippen LogP contribution in [0.2, 0.25) is 0 Å². The minimum absolute atomic E-state index is 0.0438. The Labute approximate surface area is 200 Å². The number of anilines is 1. The third-order valence-electron chi connectivity index (χ3n) is 4.97. The van der Waals surface area contributed by atoms with Gasteiger partial charge in [0.25, 0.3) is 5.56 Å². The van der Waals surface area contributed by atoms with E-state index >= 15 is 0 Å². The number of benzene rings is 1. The molecule has 1 aromatic carbocycles. The summed E-state index contributed by atoms with van der Waals surface area (Å²) in [6.45, 7) is 4.74. The van der Waals surface area contributed by atoms with Gasteiger partial charge in [0.05, 0.1) is 19.0 Å². The number of rotatable bonds is 12. The lowest BCUT2D eigenvalue weighted by molar-refractivity contribution is -0.135. The van der Waals surface area contributed by atoms with E-state index in [0.29, 0.717) is 5.75 Å². The maximum Gasteiger partial charge on any atom is 0.328 e. The van der Waals surface area contributed by atoms with Gasteiger partial charge in [-0.05, 0) is 32.9 Å². The minimum atomic E-state index is -3.57. The van der Waals surface area contributed by atoms with E-state index in [1.165, 1.54) is 20.2 Å². The first-order valence-electron chi connectivity index (χ1n) is 10.8. The van der Waals surface area contributed by atoms with Gasteiger partial charge in [0, 0.05) is 6.54 Å². The molecule has 14 heteroatoms. The summed E-state index contributed by atoms with van der Waals surface area (Å²) >= 11 is 0. The van der Waals surface area contributed by atoms with E-state index in [1.807, 2.05) is 0 Å². The topological polar surface area (TPSA) is 183 Å². The number of H-pyrrole nitrogens is 1. The molecule has 3 aromatic rings. The highest BCUT2D eigenvalue weighted by molar-refractivity contribution is 7.59. The molecule has 0 saturated heterocycles. The Balaban J connectivity index is 1.64. The van der Waals surface area contributed by atoms with Crippen molar-refractivity contribution in [3.8, 4) is 5.75 Å². The number of nitrogen functional groups attached to an aromatic ring is 1. The molecule has 0 aliphatic carbocycles. The normalized spacial score (nSPS) is 14.8.